The Morgan fingerprint density at radius 1 is 1.40 bits per heavy atom. The van der Waals surface area contributed by atoms with Crippen molar-refractivity contribution in [1.29, 1.82) is 0 Å². The summed E-state index contributed by atoms with van der Waals surface area (Å²) in [6, 6.07) is 5.77. The lowest BCUT2D eigenvalue weighted by atomic mass is 9.99. The molecule has 0 aliphatic carbocycles. The number of carbonyl (C=O) groups excluding carboxylic acids is 1. The van der Waals surface area contributed by atoms with Crippen LogP contribution in [0.25, 0.3) is 0 Å². The molecule has 0 atom stereocenters. The van der Waals surface area contributed by atoms with E-state index in [0.717, 1.165) is 41.2 Å². The first-order chi connectivity index (χ1) is 9.58. The van der Waals surface area contributed by atoms with Crippen LogP contribution in [0.1, 0.15) is 35.7 Å². The second kappa shape index (κ2) is 7.23. The molecule has 0 unspecified atom stereocenters. The van der Waals surface area contributed by atoms with Crippen LogP contribution in [0.15, 0.2) is 22.7 Å². The fraction of sp³-hybridized carbons (Fsp3) is 0.562. The summed E-state index contributed by atoms with van der Waals surface area (Å²) in [6.45, 7) is 8.29. The Labute approximate surface area is 129 Å². The predicted molar refractivity (Wildman–Crippen MR) is 86.1 cm³/mol. The lowest BCUT2D eigenvalue weighted by Gasteiger charge is -2.30. The molecule has 1 saturated heterocycles. The van der Waals surface area contributed by atoms with Crippen LogP contribution in [-0.2, 0) is 0 Å². The summed E-state index contributed by atoms with van der Waals surface area (Å²) in [6.07, 6.45) is 2.55. The second-order valence-corrected chi connectivity index (χ2v) is 6.51. The van der Waals surface area contributed by atoms with E-state index in [1.165, 1.54) is 12.8 Å². The normalized spacial score (nSPS) is 17.1. The van der Waals surface area contributed by atoms with Crippen LogP contribution >= 0.6 is 15.9 Å². The summed E-state index contributed by atoms with van der Waals surface area (Å²) in [5.41, 5.74) is 1.81. The van der Waals surface area contributed by atoms with Gasteiger partial charge in [-0.1, -0.05) is 19.1 Å². The summed E-state index contributed by atoms with van der Waals surface area (Å²) >= 11 is 3.48. The van der Waals surface area contributed by atoms with Gasteiger partial charge in [-0.05, 0) is 66.3 Å². The van der Waals surface area contributed by atoms with E-state index in [-0.39, 0.29) is 5.91 Å². The summed E-state index contributed by atoms with van der Waals surface area (Å²) in [4.78, 5) is 14.6. The summed E-state index contributed by atoms with van der Waals surface area (Å²) in [5.74, 6) is 0.857. The molecule has 3 nitrogen and oxygen atoms in total. The molecule has 0 saturated carbocycles. The van der Waals surface area contributed by atoms with Crippen LogP contribution in [0, 0.1) is 12.8 Å². The van der Waals surface area contributed by atoms with Gasteiger partial charge in [0, 0.05) is 17.6 Å². The number of amides is 1. The topological polar surface area (TPSA) is 32.3 Å². The van der Waals surface area contributed by atoms with E-state index in [0.29, 0.717) is 6.54 Å². The molecule has 2 rings (SSSR count). The van der Waals surface area contributed by atoms with Gasteiger partial charge in [0.05, 0.1) is 5.56 Å². The van der Waals surface area contributed by atoms with Crippen molar-refractivity contribution in [2.45, 2.75) is 26.7 Å². The summed E-state index contributed by atoms with van der Waals surface area (Å²) in [5, 5.41) is 3.01. The van der Waals surface area contributed by atoms with Gasteiger partial charge in [0.15, 0.2) is 0 Å². The zero-order valence-corrected chi connectivity index (χ0v) is 13.9. The van der Waals surface area contributed by atoms with Crippen LogP contribution < -0.4 is 5.32 Å². The number of carbonyl (C=O) groups is 1. The zero-order valence-electron chi connectivity index (χ0n) is 12.3. The molecular weight excluding hydrogens is 316 g/mol. The highest BCUT2D eigenvalue weighted by Crippen LogP contribution is 2.20. The Morgan fingerprint density at radius 2 is 2.10 bits per heavy atom. The highest BCUT2D eigenvalue weighted by Gasteiger charge is 2.16. The Kier molecular flexibility index (Phi) is 5.61. The fourth-order valence-corrected chi connectivity index (χ4v) is 2.98. The van der Waals surface area contributed by atoms with Gasteiger partial charge in [0.2, 0.25) is 0 Å². The highest BCUT2D eigenvalue weighted by atomic mass is 79.9. The van der Waals surface area contributed by atoms with E-state index < -0.39 is 0 Å². The van der Waals surface area contributed by atoms with Gasteiger partial charge in [0.1, 0.15) is 0 Å². The molecule has 0 spiro atoms. The maximum Gasteiger partial charge on any atom is 0.252 e. The number of aryl methyl sites for hydroxylation is 1. The SMILES string of the molecule is Cc1cccc(C(=O)NCCN2CCC(C)CC2)c1Br. The molecule has 1 aromatic rings. The first kappa shape index (κ1) is 15.5. The van der Waals surface area contributed by atoms with Crippen LogP contribution in [0.2, 0.25) is 0 Å². The number of halogens is 1. The first-order valence-electron chi connectivity index (χ1n) is 7.33. The maximum atomic E-state index is 12.2. The van der Waals surface area contributed by atoms with Crippen molar-refractivity contribution in [1.82, 2.24) is 10.2 Å². The van der Waals surface area contributed by atoms with E-state index in [1.54, 1.807) is 0 Å². The van der Waals surface area contributed by atoms with Crippen molar-refractivity contribution in [3.63, 3.8) is 0 Å². The Balaban J connectivity index is 1.79. The van der Waals surface area contributed by atoms with Crippen LogP contribution in [0.4, 0.5) is 0 Å². The van der Waals surface area contributed by atoms with Crippen molar-refractivity contribution >= 4 is 21.8 Å². The van der Waals surface area contributed by atoms with Gasteiger partial charge in [-0.3, -0.25) is 4.79 Å². The molecule has 4 heteroatoms. The Hall–Kier alpha value is -0.870. The smallest absolute Gasteiger partial charge is 0.252 e. The third kappa shape index (κ3) is 4.06. The molecule has 1 aromatic carbocycles. The first-order valence-corrected chi connectivity index (χ1v) is 8.13. The molecule has 0 radical (unpaired) electrons. The average molecular weight is 339 g/mol. The molecule has 0 bridgehead atoms. The molecule has 110 valence electrons. The minimum absolute atomic E-state index is 0.00551. The van der Waals surface area contributed by atoms with Crippen molar-refractivity contribution in [3.05, 3.63) is 33.8 Å². The summed E-state index contributed by atoms with van der Waals surface area (Å²) < 4.78 is 0.893. The molecular formula is C16H23BrN2O. The van der Waals surface area contributed by atoms with Gasteiger partial charge in [-0.25, -0.2) is 0 Å². The molecule has 1 fully saturated rings. The monoisotopic (exact) mass is 338 g/mol. The largest absolute Gasteiger partial charge is 0.351 e. The molecule has 1 aliphatic heterocycles. The van der Waals surface area contributed by atoms with Crippen LogP contribution in [0.3, 0.4) is 0 Å². The molecule has 1 aliphatic rings. The number of benzene rings is 1. The zero-order chi connectivity index (χ0) is 14.5. The van der Waals surface area contributed by atoms with Crippen molar-refractivity contribution in [2.24, 2.45) is 5.92 Å². The van der Waals surface area contributed by atoms with Gasteiger partial charge in [-0.15, -0.1) is 0 Å². The van der Waals surface area contributed by atoms with Crippen molar-refractivity contribution in [2.75, 3.05) is 26.2 Å². The Bertz CT molecular complexity index is 468. The van der Waals surface area contributed by atoms with E-state index >= 15 is 0 Å². The minimum atomic E-state index is 0.00551. The molecule has 0 aromatic heterocycles. The number of hydrogen-bond acceptors (Lipinski definition) is 2. The van der Waals surface area contributed by atoms with Gasteiger partial charge in [0.25, 0.3) is 5.91 Å². The van der Waals surface area contributed by atoms with E-state index in [4.69, 9.17) is 0 Å². The standard InChI is InChI=1S/C16H23BrN2O/c1-12-6-9-19(10-7-12)11-8-18-16(20)14-5-3-4-13(2)15(14)17/h3-5,12H,6-11H2,1-2H3,(H,18,20). The second-order valence-electron chi connectivity index (χ2n) is 5.72. The lowest BCUT2D eigenvalue weighted by Crippen LogP contribution is -2.39. The Morgan fingerprint density at radius 3 is 2.80 bits per heavy atom. The number of likely N-dealkylation sites (tertiary alicyclic amines) is 1. The van der Waals surface area contributed by atoms with Gasteiger partial charge in [-0.2, -0.15) is 0 Å². The number of piperidine rings is 1. The molecule has 20 heavy (non-hydrogen) atoms. The number of nitrogens with zero attached hydrogens (tertiary/aromatic N) is 1. The minimum Gasteiger partial charge on any atom is -0.351 e. The number of rotatable bonds is 4. The molecule has 1 N–H and O–H groups in total. The molecule has 1 amide bonds. The van der Waals surface area contributed by atoms with Crippen LogP contribution in [-0.4, -0.2) is 37.0 Å². The van der Waals surface area contributed by atoms with Gasteiger partial charge < -0.3 is 10.2 Å². The highest BCUT2D eigenvalue weighted by molar-refractivity contribution is 9.10. The quantitative estimate of drug-likeness (QED) is 0.914. The third-order valence-corrected chi connectivity index (χ3v) is 5.08. The van der Waals surface area contributed by atoms with Gasteiger partial charge >= 0.3 is 0 Å². The molecule has 1 heterocycles. The number of nitrogens with one attached hydrogen (secondary N) is 1. The number of hydrogen-bond donors (Lipinski definition) is 1. The maximum absolute atomic E-state index is 12.2. The van der Waals surface area contributed by atoms with E-state index in [1.807, 2.05) is 25.1 Å². The lowest BCUT2D eigenvalue weighted by molar-refractivity contribution is 0.0943. The van der Waals surface area contributed by atoms with E-state index in [2.05, 4.69) is 33.1 Å². The van der Waals surface area contributed by atoms with Crippen molar-refractivity contribution < 1.29 is 4.79 Å². The van der Waals surface area contributed by atoms with Crippen LogP contribution in [0.5, 0.6) is 0 Å². The predicted octanol–water partition coefficient (Wildman–Crippen LogP) is 3.22. The average Bonchev–Trinajstić information content (AvgIpc) is 2.44. The summed E-state index contributed by atoms with van der Waals surface area (Å²) in [7, 11) is 0. The fourth-order valence-electron chi connectivity index (χ4n) is 2.53. The van der Waals surface area contributed by atoms with Crippen molar-refractivity contribution in [3.8, 4) is 0 Å². The van der Waals surface area contributed by atoms with E-state index in [9.17, 15) is 4.79 Å². The third-order valence-electron chi connectivity index (χ3n) is 4.03.